The van der Waals surface area contributed by atoms with Gasteiger partial charge in [0.2, 0.25) is 5.89 Å². The first kappa shape index (κ1) is 13.8. The van der Waals surface area contributed by atoms with Crippen molar-refractivity contribution in [1.82, 2.24) is 10.3 Å². The monoisotopic (exact) mass is 372 g/mol. The summed E-state index contributed by atoms with van der Waals surface area (Å²) in [6.45, 7) is 3.87. The Morgan fingerprint density at radius 2 is 1.94 bits per heavy atom. The number of hydrogen-bond donors (Lipinski definition) is 1. The Bertz CT molecular complexity index is 505. The van der Waals surface area contributed by atoms with E-state index in [9.17, 15) is 0 Å². The Labute approximate surface area is 123 Å². The third-order valence-corrected chi connectivity index (χ3v) is 3.31. The van der Waals surface area contributed by atoms with Crippen LogP contribution in [0.25, 0.3) is 11.5 Å². The molecule has 0 aliphatic heterocycles. The second-order valence-corrected chi connectivity index (χ2v) is 5.81. The Morgan fingerprint density at radius 3 is 2.61 bits per heavy atom. The summed E-state index contributed by atoms with van der Waals surface area (Å²) in [5.74, 6) is 0.644. The van der Waals surface area contributed by atoms with E-state index in [1.807, 2.05) is 18.2 Å². The quantitative estimate of drug-likeness (QED) is 0.791. The summed E-state index contributed by atoms with van der Waals surface area (Å²) < 4.78 is 7.49. The molecule has 0 amide bonds. The topological polar surface area (TPSA) is 38.1 Å². The lowest BCUT2D eigenvalue weighted by molar-refractivity contribution is 0.570. The SMILES string of the molecule is CCCNCc1coc(-c2cc(Br)cc(Br)c2)n1. The van der Waals surface area contributed by atoms with E-state index in [2.05, 4.69) is 49.1 Å². The molecule has 0 fully saturated rings. The van der Waals surface area contributed by atoms with Gasteiger partial charge in [0.1, 0.15) is 6.26 Å². The summed E-state index contributed by atoms with van der Waals surface area (Å²) in [7, 11) is 0. The number of benzene rings is 1. The summed E-state index contributed by atoms with van der Waals surface area (Å²) in [5.41, 5.74) is 1.88. The van der Waals surface area contributed by atoms with Crippen LogP contribution in [-0.2, 0) is 6.54 Å². The third kappa shape index (κ3) is 3.67. The standard InChI is InChI=1S/C13H14Br2N2O/c1-2-3-16-7-12-8-18-13(17-12)9-4-10(14)6-11(15)5-9/h4-6,8,16H,2-3,7H2,1H3. The first-order valence-corrected chi connectivity index (χ1v) is 7.39. The summed E-state index contributed by atoms with van der Waals surface area (Å²) in [5, 5.41) is 3.30. The molecule has 1 aromatic carbocycles. The van der Waals surface area contributed by atoms with Gasteiger partial charge < -0.3 is 9.73 Å². The molecule has 0 aliphatic carbocycles. The van der Waals surface area contributed by atoms with Crippen molar-refractivity contribution in [3.63, 3.8) is 0 Å². The van der Waals surface area contributed by atoms with Gasteiger partial charge in [-0.3, -0.25) is 0 Å². The number of nitrogens with zero attached hydrogens (tertiary/aromatic N) is 1. The highest BCUT2D eigenvalue weighted by molar-refractivity contribution is 9.11. The maximum atomic E-state index is 5.50. The molecule has 0 saturated heterocycles. The van der Waals surface area contributed by atoms with E-state index in [0.29, 0.717) is 5.89 Å². The molecule has 2 rings (SSSR count). The van der Waals surface area contributed by atoms with Crippen LogP contribution >= 0.6 is 31.9 Å². The van der Waals surface area contributed by atoms with Gasteiger partial charge in [-0.1, -0.05) is 38.8 Å². The van der Waals surface area contributed by atoms with Gasteiger partial charge in [-0.15, -0.1) is 0 Å². The molecule has 96 valence electrons. The lowest BCUT2D eigenvalue weighted by Crippen LogP contribution is -2.13. The molecule has 1 N–H and O–H groups in total. The summed E-state index contributed by atoms with van der Waals surface area (Å²) in [6, 6.07) is 5.95. The molecule has 18 heavy (non-hydrogen) atoms. The van der Waals surface area contributed by atoms with Gasteiger partial charge in [-0.05, 0) is 31.2 Å². The van der Waals surface area contributed by atoms with Crippen LogP contribution in [0.5, 0.6) is 0 Å². The average Bonchev–Trinajstić information content (AvgIpc) is 2.77. The number of aromatic nitrogens is 1. The zero-order valence-electron chi connectivity index (χ0n) is 10.0. The predicted octanol–water partition coefficient (Wildman–Crippen LogP) is 4.37. The van der Waals surface area contributed by atoms with Gasteiger partial charge >= 0.3 is 0 Å². The van der Waals surface area contributed by atoms with Crippen LogP contribution in [-0.4, -0.2) is 11.5 Å². The van der Waals surface area contributed by atoms with E-state index in [1.54, 1.807) is 6.26 Å². The maximum Gasteiger partial charge on any atom is 0.226 e. The van der Waals surface area contributed by atoms with E-state index in [0.717, 1.165) is 39.7 Å². The van der Waals surface area contributed by atoms with Gasteiger partial charge in [-0.2, -0.15) is 0 Å². The van der Waals surface area contributed by atoms with E-state index in [-0.39, 0.29) is 0 Å². The number of hydrogen-bond acceptors (Lipinski definition) is 3. The van der Waals surface area contributed by atoms with E-state index in [1.165, 1.54) is 0 Å². The number of oxazole rings is 1. The highest BCUT2D eigenvalue weighted by Gasteiger charge is 2.08. The molecule has 0 atom stereocenters. The van der Waals surface area contributed by atoms with Crippen LogP contribution in [0.2, 0.25) is 0 Å². The molecule has 3 nitrogen and oxygen atoms in total. The highest BCUT2D eigenvalue weighted by atomic mass is 79.9. The van der Waals surface area contributed by atoms with Crippen molar-refractivity contribution in [2.75, 3.05) is 6.54 Å². The maximum absolute atomic E-state index is 5.50. The zero-order chi connectivity index (χ0) is 13.0. The average molecular weight is 374 g/mol. The minimum atomic E-state index is 0.644. The van der Waals surface area contributed by atoms with Crippen LogP contribution in [0.3, 0.4) is 0 Å². The normalized spacial score (nSPS) is 10.8. The Morgan fingerprint density at radius 1 is 1.22 bits per heavy atom. The van der Waals surface area contributed by atoms with Crippen molar-refractivity contribution >= 4 is 31.9 Å². The molecule has 0 saturated carbocycles. The summed E-state index contributed by atoms with van der Waals surface area (Å²) in [6.07, 6.45) is 2.82. The van der Waals surface area contributed by atoms with Crippen molar-refractivity contribution in [2.45, 2.75) is 19.9 Å². The predicted molar refractivity (Wildman–Crippen MR) is 79.3 cm³/mol. The largest absolute Gasteiger partial charge is 0.444 e. The molecule has 5 heteroatoms. The van der Waals surface area contributed by atoms with Crippen LogP contribution < -0.4 is 5.32 Å². The van der Waals surface area contributed by atoms with Crippen LogP contribution in [0, 0.1) is 0 Å². The van der Waals surface area contributed by atoms with Crippen LogP contribution in [0.15, 0.2) is 37.8 Å². The van der Waals surface area contributed by atoms with E-state index >= 15 is 0 Å². The van der Waals surface area contributed by atoms with Crippen molar-refractivity contribution in [3.8, 4) is 11.5 Å². The van der Waals surface area contributed by atoms with Gasteiger partial charge in [0.05, 0.1) is 5.69 Å². The minimum Gasteiger partial charge on any atom is -0.444 e. The molecule has 1 heterocycles. The molecule has 0 aliphatic rings. The fourth-order valence-electron chi connectivity index (χ4n) is 1.59. The van der Waals surface area contributed by atoms with Crippen LogP contribution in [0.1, 0.15) is 19.0 Å². The van der Waals surface area contributed by atoms with Crippen molar-refractivity contribution in [2.24, 2.45) is 0 Å². The van der Waals surface area contributed by atoms with E-state index in [4.69, 9.17) is 4.42 Å². The zero-order valence-corrected chi connectivity index (χ0v) is 13.2. The Balaban J connectivity index is 2.13. The molecule has 0 unspecified atom stereocenters. The summed E-state index contributed by atoms with van der Waals surface area (Å²) >= 11 is 6.91. The van der Waals surface area contributed by atoms with Gasteiger partial charge in [0.25, 0.3) is 0 Å². The van der Waals surface area contributed by atoms with Gasteiger partial charge in [-0.25, -0.2) is 4.98 Å². The molecular weight excluding hydrogens is 360 g/mol. The molecule has 0 radical (unpaired) electrons. The lowest BCUT2D eigenvalue weighted by atomic mass is 10.2. The molecule has 0 spiro atoms. The number of halogens is 2. The Hall–Kier alpha value is -0.650. The fourth-order valence-corrected chi connectivity index (χ4v) is 2.88. The Kier molecular flexibility index (Phi) is 4.97. The minimum absolute atomic E-state index is 0.644. The van der Waals surface area contributed by atoms with Crippen LogP contribution in [0.4, 0.5) is 0 Å². The van der Waals surface area contributed by atoms with Crippen molar-refractivity contribution < 1.29 is 4.42 Å². The number of nitrogens with one attached hydrogen (secondary N) is 1. The van der Waals surface area contributed by atoms with Gasteiger partial charge in [0, 0.05) is 21.1 Å². The van der Waals surface area contributed by atoms with Crippen molar-refractivity contribution in [3.05, 3.63) is 39.1 Å². The van der Waals surface area contributed by atoms with Gasteiger partial charge in [0.15, 0.2) is 0 Å². The second-order valence-electron chi connectivity index (χ2n) is 3.98. The van der Waals surface area contributed by atoms with E-state index < -0.39 is 0 Å². The summed E-state index contributed by atoms with van der Waals surface area (Å²) in [4.78, 5) is 4.46. The second kappa shape index (κ2) is 6.50. The first-order valence-electron chi connectivity index (χ1n) is 5.80. The molecule has 1 aromatic heterocycles. The van der Waals surface area contributed by atoms with Crippen molar-refractivity contribution in [1.29, 1.82) is 0 Å². The fraction of sp³-hybridized carbons (Fsp3) is 0.308. The molecule has 0 bridgehead atoms. The highest BCUT2D eigenvalue weighted by Crippen LogP contribution is 2.27. The third-order valence-electron chi connectivity index (χ3n) is 2.39. The number of rotatable bonds is 5. The lowest BCUT2D eigenvalue weighted by Gasteiger charge is -1.99. The molecule has 2 aromatic rings. The first-order chi connectivity index (χ1) is 8.69. The smallest absolute Gasteiger partial charge is 0.226 e. The molecular formula is C13H14Br2N2O.